The SMILES string of the molecule is O=C1CC(C(=O)Nc2cccc(C(=O)Nc3ccc(Br)cc3)c2)C2(CCCC2)O1. The fraction of sp³-hybridized carbons (Fsp3) is 0.318. The molecule has 2 aromatic rings. The Morgan fingerprint density at radius 3 is 2.45 bits per heavy atom. The molecule has 7 heteroatoms. The molecule has 1 aliphatic carbocycles. The summed E-state index contributed by atoms with van der Waals surface area (Å²) in [5.74, 6) is -1.30. The number of anilines is 2. The maximum absolute atomic E-state index is 12.9. The number of carbonyl (C=O) groups excluding carboxylic acids is 3. The number of amides is 2. The van der Waals surface area contributed by atoms with E-state index in [1.54, 1.807) is 36.4 Å². The van der Waals surface area contributed by atoms with E-state index in [0.29, 0.717) is 16.9 Å². The zero-order chi connectivity index (χ0) is 20.4. The Labute approximate surface area is 177 Å². The molecule has 4 rings (SSSR count). The van der Waals surface area contributed by atoms with Crippen molar-refractivity contribution < 1.29 is 19.1 Å². The normalized spacial score (nSPS) is 19.8. The van der Waals surface area contributed by atoms with Crippen molar-refractivity contribution in [1.29, 1.82) is 0 Å². The summed E-state index contributed by atoms with van der Waals surface area (Å²) in [7, 11) is 0. The van der Waals surface area contributed by atoms with Crippen LogP contribution in [0.2, 0.25) is 0 Å². The summed E-state index contributed by atoms with van der Waals surface area (Å²) in [6.07, 6.45) is 3.49. The number of nitrogens with one attached hydrogen (secondary N) is 2. The number of esters is 1. The predicted molar refractivity (Wildman–Crippen MR) is 113 cm³/mol. The molecule has 0 bridgehead atoms. The van der Waals surface area contributed by atoms with Gasteiger partial charge in [-0.3, -0.25) is 14.4 Å². The highest BCUT2D eigenvalue weighted by Crippen LogP contribution is 2.45. The van der Waals surface area contributed by atoms with E-state index in [4.69, 9.17) is 4.74 Å². The zero-order valence-electron chi connectivity index (χ0n) is 15.7. The number of hydrogen-bond donors (Lipinski definition) is 2. The first kappa shape index (κ1) is 19.6. The third-order valence-electron chi connectivity index (χ3n) is 5.58. The number of rotatable bonds is 4. The summed E-state index contributed by atoms with van der Waals surface area (Å²) in [6, 6.07) is 14.0. The van der Waals surface area contributed by atoms with Crippen molar-refractivity contribution in [2.24, 2.45) is 5.92 Å². The van der Waals surface area contributed by atoms with E-state index in [1.165, 1.54) is 0 Å². The molecule has 1 saturated heterocycles. The summed E-state index contributed by atoms with van der Waals surface area (Å²) in [6.45, 7) is 0. The standard InChI is InChI=1S/C22H21BrN2O4/c23-15-6-8-16(9-7-15)24-20(27)14-4-3-5-17(12-14)25-21(28)18-13-19(26)29-22(18)10-1-2-11-22/h3-9,12,18H,1-2,10-11,13H2,(H,24,27)(H,25,28). The quantitative estimate of drug-likeness (QED) is 0.662. The van der Waals surface area contributed by atoms with E-state index >= 15 is 0 Å². The van der Waals surface area contributed by atoms with Gasteiger partial charge in [0.05, 0.1) is 12.3 Å². The Bertz CT molecular complexity index is 952. The molecule has 2 amide bonds. The highest BCUT2D eigenvalue weighted by atomic mass is 79.9. The van der Waals surface area contributed by atoms with Crippen LogP contribution in [0.3, 0.4) is 0 Å². The lowest BCUT2D eigenvalue weighted by atomic mass is 9.85. The number of carbonyl (C=O) groups is 3. The summed E-state index contributed by atoms with van der Waals surface area (Å²) in [4.78, 5) is 37.3. The van der Waals surface area contributed by atoms with E-state index in [9.17, 15) is 14.4 Å². The van der Waals surface area contributed by atoms with Gasteiger partial charge >= 0.3 is 5.97 Å². The van der Waals surface area contributed by atoms with Crippen molar-refractivity contribution in [2.75, 3.05) is 10.6 Å². The fourth-order valence-corrected chi connectivity index (χ4v) is 4.42. The monoisotopic (exact) mass is 456 g/mol. The average molecular weight is 457 g/mol. The molecule has 2 fully saturated rings. The lowest BCUT2D eigenvalue weighted by Gasteiger charge is -2.27. The molecule has 150 valence electrons. The Morgan fingerprint density at radius 2 is 1.72 bits per heavy atom. The van der Waals surface area contributed by atoms with E-state index in [-0.39, 0.29) is 24.2 Å². The van der Waals surface area contributed by atoms with Gasteiger partial charge in [-0.1, -0.05) is 22.0 Å². The van der Waals surface area contributed by atoms with Gasteiger partial charge in [0.25, 0.3) is 5.91 Å². The molecule has 2 aliphatic rings. The average Bonchev–Trinajstić information content (AvgIpc) is 3.30. The molecular weight excluding hydrogens is 436 g/mol. The number of ether oxygens (including phenoxy) is 1. The number of hydrogen-bond acceptors (Lipinski definition) is 4. The van der Waals surface area contributed by atoms with Crippen molar-refractivity contribution in [2.45, 2.75) is 37.7 Å². The molecular formula is C22H21BrN2O4. The van der Waals surface area contributed by atoms with Crippen LogP contribution in [0.15, 0.2) is 53.0 Å². The largest absolute Gasteiger partial charge is 0.458 e. The summed E-state index contributed by atoms with van der Waals surface area (Å²) in [5, 5.41) is 5.69. The Kier molecular flexibility index (Phi) is 5.41. The van der Waals surface area contributed by atoms with Crippen LogP contribution in [0.25, 0.3) is 0 Å². The molecule has 1 atom stereocenters. The van der Waals surface area contributed by atoms with Crippen LogP contribution in [0.4, 0.5) is 11.4 Å². The van der Waals surface area contributed by atoms with Crippen LogP contribution < -0.4 is 10.6 Å². The van der Waals surface area contributed by atoms with Crippen LogP contribution in [-0.4, -0.2) is 23.4 Å². The fourth-order valence-electron chi connectivity index (χ4n) is 4.15. The molecule has 1 aliphatic heterocycles. The molecule has 2 aromatic carbocycles. The van der Waals surface area contributed by atoms with Crippen LogP contribution in [0, 0.1) is 5.92 Å². The third kappa shape index (κ3) is 4.19. The molecule has 6 nitrogen and oxygen atoms in total. The molecule has 0 aromatic heterocycles. The molecule has 0 radical (unpaired) electrons. The lowest BCUT2D eigenvalue weighted by molar-refractivity contribution is -0.149. The van der Waals surface area contributed by atoms with E-state index in [0.717, 1.165) is 30.2 Å². The minimum absolute atomic E-state index is 0.107. The molecule has 1 heterocycles. The third-order valence-corrected chi connectivity index (χ3v) is 6.11. The van der Waals surface area contributed by atoms with Gasteiger partial charge in [0.1, 0.15) is 5.60 Å². The topological polar surface area (TPSA) is 84.5 Å². The number of benzene rings is 2. The summed E-state index contributed by atoms with van der Waals surface area (Å²) in [5.41, 5.74) is 0.973. The second kappa shape index (κ2) is 7.99. The smallest absolute Gasteiger partial charge is 0.307 e. The molecule has 1 spiro atoms. The van der Waals surface area contributed by atoms with Gasteiger partial charge in [-0.25, -0.2) is 0 Å². The van der Waals surface area contributed by atoms with Gasteiger partial charge in [-0.2, -0.15) is 0 Å². The van der Waals surface area contributed by atoms with E-state index in [2.05, 4.69) is 26.6 Å². The predicted octanol–water partition coefficient (Wildman–Crippen LogP) is 4.52. The van der Waals surface area contributed by atoms with Crippen LogP contribution >= 0.6 is 15.9 Å². The first-order valence-electron chi connectivity index (χ1n) is 9.65. The Hall–Kier alpha value is -2.67. The molecule has 1 saturated carbocycles. The highest BCUT2D eigenvalue weighted by molar-refractivity contribution is 9.10. The second-order valence-electron chi connectivity index (χ2n) is 7.53. The van der Waals surface area contributed by atoms with Crippen LogP contribution in [-0.2, 0) is 14.3 Å². The Balaban J connectivity index is 1.46. The molecule has 29 heavy (non-hydrogen) atoms. The van der Waals surface area contributed by atoms with Crippen LogP contribution in [0.5, 0.6) is 0 Å². The van der Waals surface area contributed by atoms with Gasteiger partial charge in [-0.05, 0) is 68.1 Å². The van der Waals surface area contributed by atoms with E-state index < -0.39 is 11.5 Å². The lowest BCUT2D eigenvalue weighted by Crippen LogP contribution is -2.39. The first-order chi connectivity index (χ1) is 13.9. The van der Waals surface area contributed by atoms with E-state index in [1.807, 2.05) is 12.1 Å². The van der Waals surface area contributed by atoms with Crippen molar-refractivity contribution in [3.8, 4) is 0 Å². The highest BCUT2D eigenvalue weighted by Gasteiger charge is 2.53. The molecule has 1 unspecified atom stereocenters. The number of halogens is 1. The van der Waals surface area contributed by atoms with Crippen LogP contribution in [0.1, 0.15) is 42.5 Å². The van der Waals surface area contributed by atoms with Gasteiger partial charge in [0.15, 0.2) is 0 Å². The van der Waals surface area contributed by atoms with Crippen molar-refractivity contribution in [1.82, 2.24) is 0 Å². The maximum Gasteiger partial charge on any atom is 0.307 e. The van der Waals surface area contributed by atoms with Crippen molar-refractivity contribution >= 4 is 45.1 Å². The zero-order valence-corrected chi connectivity index (χ0v) is 17.3. The minimum Gasteiger partial charge on any atom is -0.458 e. The summed E-state index contributed by atoms with van der Waals surface area (Å²) >= 11 is 3.36. The van der Waals surface area contributed by atoms with Gasteiger partial charge in [0.2, 0.25) is 5.91 Å². The second-order valence-corrected chi connectivity index (χ2v) is 8.45. The van der Waals surface area contributed by atoms with Gasteiger partial charge in [-0.15, -0.1) is 0 Å². The first-order valence-corrected chi connectivity index (χ1v) is 10.4. The minimum atomic E-state index is -0.655. The summed E-state index contributed by atoms with van der Waals surface area (Å²) < 4.78 is 6.48. The van der Waals surface area contributed by atoms with Crippen molar-refractivity contribution in [3.63, 3.8) is 0 Å². The van der Waals surface area contributed by atoms with Crippen molar-refractivity contribution in [3.05, 3.63) is 58.6 Å². The molecule has 2 N–H and O–H groups in total. The Morgan fingerprint density at radius 1 is 1.00 bits per heavy atom. The maximum atomic E-state index is 12.9. The van der Waals surface area contributed by atoms with Gasteiger partial charge < -0.3 is 15.4 Å². The van der Waals surface area contributed by atoms with Gasteiger partial charge in [0, 0.05) is 21.4 Å².